The molecular formula is C19H22Cl2N2O2. The van der Waals surface area contributed by atoms with Crippen molar-refractivity contribution in [3.63, 3.8) is 0 Å². The lowest BCUT2D eigenvalue weighted by molar-refractivity contribution is -0.138. The Kier molecular flexibility index (Phi) is 7.56. The molecule has 0 spiro atoms. The van der Waals surface area contributed by atoms with Crippen molar-refractivity contribution in [3.05, 3.63) is 65.2 Å². The molecule has 1 saturated heterocycles. The van der Waals surface area contributed by atoms with Crippen LogP contribution in [0.25, 0.3) is 0 Å². The SMILES string of the molecule is Cl.O=C(C(Oc1ccc(Cl)cc1)c1ccccc1)N1CCCNCC1. The molecule has 4 nitrogen and oxygen atoms in total. The van der Waals surface area contributed by atoms with E-state index >= 15 is 0 Å². The lowest BCUT2D eigenvalue weighted by Gasteiger charge is -2.26. The van der Waals surface area contributed by atoms with Gasteiger partial charge in [0, 0.05) is 30.2 Å². The molecule has 0 radical (unpaired) electrons. The minimum atomic E-state index is -0.648. The zero-order valence-corrected chi connectivity index (χ0v) is 15.4. The third-order valence-corrected chi connectivity index (χ3v) is 4.30. The number of ether oxygens (including phenoxy) is 1. The van der Waals surface area contributed by atoms with E-state index in [4.69, 9.17) is 16.3 Å². The van der Waals surface area contributed by atoms with Crippen LogP contribution in [0.3, 0.4) is 0 Å². The van der Waals surface area contributed by atoms with Crippen LogP contribution in [0.15, 0.2) is 54.6 Å². The number of benzene rings is 2. The number of halogens is 2. The van der Waals surface area contributed by atoms with Crippen molar-refractivity contribution in [2.45, 2.75) is 12.5 Å². The van der Waals surface area contributed by atoms with Gasteiger partial charge in [0.25, 0.3) is 5.91 Å². The Bertz CT molecular complexity index is 657. The first-order chi connectivity index (χ1) is 11.7. The number of carbonyl (C=O) groups excluding carboxylic acids is 1. The maximum Gasteiger partial charge on any atom is 0.268 e. The van der Waals surface area contributed by atoms with E-state index in [1.54, 1.807) is 24.3 Å². The van der Waals surface area contributed by atoms with Gasteiger partial charge in [-0.25, -0.2) is 0 Å². The zero-order chi connectivity index (χ0) is 16.8. The van der Waals surface area contributed by atoms with Crippen molar-refractivity contribution in [1.29, 1.82) is 0 Å². The molecule has 1 fully saturated rings. The summed E-state index contributed by atoms with van der Waals surface area (Å²) in [6, 6.07) is 16.7. The summed E-state index contributed by atoms with van der Waals surface area (Å²) in [6.07, 6.45) is 0.305. The van der Waals surface area contributed by atoms with Gasteiger partial charge in [0.1, 0.15) is 5.75 Å². The first kappa shape index (κ1) is 19.6. The molecule has 2 aromatic rings. The highest BCUT2D eigenvalue weighted by Crippen LogP contribution is 2.25. The predicted molar refractivity (Wildman–Crippen MR) is 103 cm³/mol. The van der Waals surface area contributed by atoms with Crippen molar-refractivity contribution >= 4 is 29.9 Å². The Morgan fingerprint density at radius 2 is 1.76 bits per heavy atom. The third-order valence-electron chi connectivity index (χ3n) is 4.05. The molecule has 25 heavy (non-hydrogen) atoms. The second-order valence-corrected chi connectivity index (χ2v) is 6.23. The van der Waals surface area contributed by atoms with Crippen LogP contribution in [-0.2, 0) is 4.79 Å². The highest BCUT2D eigenvalue weighted by Gasteiger charge is 2.28. The highest BCUT2D eigenvalue weighted by molar-refractivity contribution is 6.30. The number of nitrogens with one attached hydrogen (secondary N) is 1. The van der Waals surface area contributed by atoms with Gasteiger partial charge in [-0.15, -0.1) is 12.4 Å². The van der Waals surface area contributed by atoms with Crippen LogP contribution < -0.4 is 10.1 Å². The largest absolute Gasteiger partial charge is 0.476 e. The molecule has 1 atom stereocenters. The van der Waals surface area contributed by atoms with Gasteiger partial charge in [-0.05, 0) is 37.2 Å². The maximum absolute atomic E-state index is 13.1. The second-order valence-electron chi connectivity index (χ2n) is 5.79. The van der Waals surface area contributed by atoms with E-state index in [0.717, 1.165) is 31.6 Å². The molecule has 1 heterocycles. The standard InChI is InChI=1S/C19H21ClN2O2.ClH/c20-16-7-9-17(10-8-16)24-18(15-5-2-1-3-6-15)19(23)22-13-4-11-21-12-14-22;/h1-3,5-10,18,21H,4,11-14H2;1H. The molecule has 134 valence electrons. The fourth-order valence-electron chi connectivity index (χ4n) is 2.77. The van der Waals surface area contributed by atoms with E-state index in [1.165, 1.54) is 0 Å². The van der Waals surface area contributed by atoms with Gasteiger partial charge in [0.15, 0.2) is 0 Å². The van der Waals surface area contributed by atoms with Gasteiger partial charge in [0.2, 0.25) is 6.10 Å². The fourth-order valence-corrected chi connectivity index (χ4v) is 2.90. The summed E-state index contributed by atoms with van der Waals surface area (Å²) in [6.45, 7) is 3.21. The van der Waals surface area contributed by atoms with E-state index < -0.39 is 6.10 Å². The molecule has 1 amide bonds. The molecule has 6 heteroatoms. The van der Waals surface area contributed by atoms with Crippen molar-refractivity contribution in [2.75, 3.05) is 26.2 Å². The monoisotopic (exact) mass is 380 g/mol. The molecule has 0 saturated carbocycles. The Balaban J connectivity index is 0.00000225. The number of hydrogen-bond donors (Lipinski definition) is 1. The van der Waals surface area contributed by atoms with E-state index in [2.05, 4.69) is 5.32 Å². The summed E-state index contributed by atoms with van der Waals surface area (Å²) < 4.78 is 6.04. The van der Waals surface area contributed by atoms with Crippen molar-refractivity contribution < 1.29 is 9.53 Å². The molecule has 0 aliphatic carbocycles. The van der Waals surface area contributed by atoms with E-state index in [9.17, 15) is 4.79 Å². The quantitative estimate of drug-likeness (QED) is 0.878. The summed E-state index contributed by atoms with van der Waals surface area (Å²) in [7, 11) is 0. The van der Waals surface area contributed by atoms with Crippen molar-refractivity contribution in [1.82, 2.24) is 10.2 Å². The molecule has 1 aliphatic rings. The van der Waals surface area contributed by atoms with E-state index in [0.29, 0.717) is 17.3 Å². The van der Waals surface area contributed by atoms with Crippen LogP contribution in [0.2, 0.25) is 5.02 Å². The van der Waals surface area contributed by atoms with Crippen LogP contribution >= 0.6 is 24.0 Å². The first-order valence-electron chi connectivity index (χ1n) is 8.21. The van der Waals surface area contributed by atoms with Gasteiger partial charge in [-0.2, -0.15) is 0 Å². The van der Waals surface area contributed by atoms with Crippen LogP contribution in [-0.4, -0.2) is 37.0 Å². The Morgan fingerprint density at radius 3 is 2.48 bits per heavy atom. The molecule has 3 rings (SSSR count). The summed E-state index contributed by atoms with van der Waals surface area (Å²) in [5.41, 5.74) is 0.856. The number of hydrogen-bond acceptors (Lipinski definition) is 3. The normalized spacial score (nSPS) is 15.6. The predicted octanol–water partition coefficient (Wildman–Crippen LogP) is 3.70. The highest BCUT2D eigenvalue weighted by atomic mass is 35.5. The van der Waals surface area contributed by atoms with Crippen molar-refractivity contribution in [2.24, 2.45) is 0 Å². The van der Waals surface area contributed by atoms with Gasteiger partial charge in [0.05, 0.1) is 0 Å². The first-order valence-corrected chi connectivity index (χ1v) is 8.58. The number of amides is 1. The minimum absolute atomic E-state index is 0. The topological polar surface area (TPSA) is 41.6 Å². The second kappa shape index (κ2) is 9.66. The third kappa shape index (κ3) is 5.36. The van der Waals surface area contributed by atoms with Crippen LogP contribution in [0.4, 0.5) is 0 Å². The summed E-state index contributed by atoms with van der Waals surface area (Å²) in [5.74, 6) is 0.634. The lowest BCUT2D eigenvalue weighted by atomic mass is 10.1. The van der Waals surface area contributed by atoms with Gasteiger partial charge in [-0.3, -0.25) is 4.79 Å². The smallest absolute Gasteiger partial charge is 0.268 e. The maximum atomic E-state index is 13.1. The molecular weight excluding hydrogens is 359 g/mol. The molecule has 0 bridgehead atoms. The Labute approximate surface area is 159 Å². The molecule has 1 aliphatic heterocycles. The van der Waals surface area contributed by atoms with Crippen LogP contribution in [0, 0.1) is 0 Å². The van der Waals surface area contributed by atoms with Crippen LogP contribution in [0.5, 0.6) is 5.75 Å². The van der Waals surface area contributed by atoms with E-state index in [-0.39, 0.29) is 18.3 Å². The summed E-state index contributed by atoms with van der Waals surface area (Å²) >= 11 is 5.93. The number of carbonyl (C=O) groups is 1. The van der Waals surface area contributed by atoms with Crippen LogP contribution in [0.1, 0.15) is 18.1 Å². The number of rotatable bonds is 4. The molecule has 0 aromatic heterocycles. The zero-order valence-electron chi connectivity index (χ0n) is 13.9. The van der Waals surface area contributed by atoms with Crippen molar-refractivity contribution in [3.8, 4) is 5.75 Å². The van der Waals surface area contributed by atoms with Gasteiger partial charge < -0.3 is 15.0 Å². The average Bonchev–Trinajstić information content (AvgIpc) is 2.91. The van der Waals surface area contributed by atoms with E-state index in [1.807, 2.05) is 35.2 Å². The fraction of sp³-hybridized carbons (Fsp3) is 0.316. The Morgan fingerprint density at radius 1 is 1.04 bits per heavy atom. The number of nitrogens with zero attached hydrogens (tertiary/aromatic N) is 1. The minimum Gasteiger partial charge on any atom is -0.476 e. The summed E-state index contributed by atoms with van der Waals surface area (Å²) in [5, 5.41) is 3.96. The average molecular weight is 381 g/mol. The molecule has 1 unspecified atom stereocenters. The Hall–Kier alpha value is -1.75. The summed E-state index contributed by atoms with van der Waals surface area (Å²) in [4.78, 5) is 15.0. The lowest BCUT2D eigenvalue weighted by Crippen LogP contribution is -2.39. The van der Waals surface area contributed by atoms with Gasteiger partial charge in [-0.1, -0.05) is 41.9 Å². The van der Waals surface area contributed by atoms with Gasteiger partial charge >= 0.3 is 0 Å². The molecule has 1 N–H and O–H groups in total. The molecule has 2 aromatic carbocycles.